The highest BCUT2D eigenvalue weighted by Crippen LogP contribution is 2.13. The molecule has 0 aliphatic heterocycles. The maximum absolute atomic E-state index is 10.0. The molecule has 2 nitrogen and oxygen atoms in total. The van der Waals surface area contributed by atoms with Crippen LogP contribution in [0, 0.1) is 17.8 Å². The summed E-state index contributed by atoms with van der Waals surface area (Å²) in [6.07, 6.45) is 3.27. The summed E-state index contributed by atoms with van der Waals surface area (Å²) in [5, 5.41) is 10.0. The molecule has 104 valence electrons. The minimum atomic E-state index is -0.310. The highest BCUT2D eigenvalue weighted by Gasteiger charge is 2.13. The number of benzene rings is 1. The van der Waals surface area contributed by atoms with Crippen molar-refractivity contribution in [2.24, 2.45) is 11.7 Å². The van der Waals surface area contributed by atoms with Crippen molar-refractivity contribution in [3.8, 4) is 11.8 Å². The van der Waals surface area contributed by atoms with E-state index in [9.17, 15) is 5.11 Å². The van der Waals surface area contributed by atoms with Crippen LogP contribution in [0.5, 0.6) is 0 Å². The van der Waals surface area contributed by atoms with Crippen molar-refractivity contribution in [3.05, 3.63) is 35.4 Å². The third kappa shape index (κ3) is 5.46. The van der Waals surface area contributed by atoms with Crippen LogP contribution >= 0.6 is 0 Å². The van der Waals surface area contributed by atoms with E-state index in [1.54, 1.807) is 0 Å². The fourth-order valence-electron chi connectivity index (χ4n) is 2.11. The van der Waals surface area contributed by atoms with Crippen LogP contribution in [-0.4, -0.2) is 17.8 Å². The van der Waals surface area contributed by atoms with E-state index in [2.05, 4.69) is 37.8 Å². The summed E-state index contributed by atoms with van der Waals surface area (Å²) in [5.74, 6) is 6.46. The number of aliphatic hydroxyl groups excluding tert-OH is 1. The first-order valence-electron chi connectivity index (χ1n) is 7.19. The maximum Gasteiger partial charge on any atom is 0.0677 e. The lowest BCUT2D eigenvalue weighted by Gasteiger charge is -2.15. The van der Waals surface area contributed by atoms with Gasteiger partial charge in [0.1, 0.15) is 0 Å². The smallest absolute Gasteiger partial charge is 0.0677 e. The molecule has 1 aromatic rings. The molecule has 2 heteroatoms. The van der Waals surface area contributed by atoms with E-state index in [1.807, 2.05) is 12.1 Å². The predicted molar refractivity (Wildman–Crippen MR) is 80.8 cm³/mol. The van der Waals surface area contributed by atoms with Crippen molar-refractivity contribution < 1.29 is 5.11 Å². The summed E-state index contributed by atoms with van der Waals surface area (Å²) in [6.45, 7) is 4.81. The van der Waals surface area contributed by atoms with Crippen LogP contribution in [0.4, 0.5) is 0 Å². The first kappa shape index (κ1) is 15.8. The van der Waals surface area contributed by atoms with Gasteiger partial charge in [-0.1, -0.05) is 44.2 Å². The molecule has 0 amide bonds. The van der Waals surface area contributed by atoms with E-state index in [4.69, 9.17) is 5.73 Å². The Balaban J connectivity index is 2.77. The zero-order valence-corrected chi connectivity index (χ0v) is 12.0. The molecule has 0 aliphatic carbocycles. The summed E-state index contributed by atoms with van der Waals surface area (Å²) in [5.41, 5.74) is 7.78. The molecule has 0 spiro atoms. The summed E-state index contributed by atoms with van der Waals surface area (Å²) in [6, 6.07) is 8.17. The van der Waals surface area contributed by atoms with E-state index in [0.717, 1.165) is 31.2 Å². The molecule has 0 aliphatic rings. The second kappa shape index (κ2) is 8.74. The summed E-state index contributed by atoms with van der Waals surface area (Å²) < 4.78 is 0. The monoisotopic (exact) mass is 259 g/mol. The van der Waals surface area contributed by atoms with Crippen molar-refractivity contribution in [1.29, 1.82) is 0 Å². The third-order valence-corrected chi connectivity index (χ3v) is 3.25. The largest absolute Gasteiger partial charge is 0.392 e. The van der Waals surface area contributed by atoms with Gasteiger partial charge >= 0.3 is 0 Å². The molecule has 0 bridgehead atoms. The Hall–Kier alpha value is -1.30. The van der Waals surface area contributed by atoms with E-state index < -0.39 is 0 Å². The molecule has 1 aromatic carbocycles. The first-order valence-corrected chi connectivity index (χ1v) is 7.19. The van der Waals surface area contributed by atoms with Crippen LogP contribution in [0.25, 0.3) is 0 Å². The predicted octanol–water partition coefficient (Wildman–Crippen LogP) is 2.73. The molecule has 0 fully saturated rings. The number of nitrogens with two attached hydrogens (primary N) is 1. The van der Waals surface area contributed by atoms with Crippen LogP contribution in [0.3, 0.4) is 0 Å². The van der Waals surface area contributed by atoms with Gasteiger partial charge in [-0.25, -0.2) is 0 Å². The van der Waals surface area contributed by atoms with E-state index in [1.165, 1.54) is 5.56 Å². The molecular weight excluding hydrogens is 234 g/mol. The lowest BCUT2D eigenvalue weighted by Crippen LogP contribution is -2.17. The fraction of sp³-hybridized carbons (Fsp3) is 0.529. The van der Waals surface area contributed by atoms with E-state index in [-0.39, 0.29) is 12.0 Å². The summed E-state index contributed by atoms with van der Waals surface area (Å²) in [4.78, 5) is 0. The van der Waals surface area contributed by atoms with Crippen LogP contribution in [-0.2, 0) is 6.42 Å². The Kier molecular flexibility index (Phi) is 7.25. The Labute approximate surface area is 117 Å². The average molecular weight is 259 g/mol. The third-order valence-electron chi connectivity index (χ3n) is 3.25. The number of hydrogen-bond donors (Lipinski definition) is 2. The molecule has 2 atom stereocenters. The van der Waals surface area contributed by atoms with Crippen molar-refractivity contribution in [1.82, 2.24) is 0 Å². The number of aliphatic hydroxyl groups is 1. The lowest BCUT2D eigenvalue weighted by molar-refractivity contribution is 0.122. The van der Waals surface area contributed by atoms with Crippen LogP contribution in [0.15, 0.2) is 24.3 Å². The summed E-state index contributed by atoms with van der Waals surface area (Å²) >= 11 is 0. The van der Waals surface area contributed by atoms with Crippen LogP contribution in [0.1, 0.15) is 44.2 Å². The minimum absolute atomic E-state index is 0.0677. The quantitative estimate of drug-likeness (QED) is 0.772. The molecule has 0 aromatic heterocycles. The normalized spacial score (nSPS) is 13.5. The number of hydrogen-bond acceptors (Lipinski definition) is 2. The Morgan fingerprint density at radius 1 is 1.32 bits per heavy atom. The molecular formula is C17H25NO. The zero-order chi connectivity index (χ0) is 14.1. The maximum atomic E-state index is 10.0. The molecule has 0 heterocycles. The van der Waals surface area contributed by atoms with Gasteiger partial charge in [-0.2, -0.15) is 0 Å². The summed E-state index contributed by atoms with van der Waals surface area (Å²) in [7, 11) is 0. The lowest BCUT2D eigenvalue weighted by atomic mass is 9.96. The SMILES string of the molecule is CCCC(O)C(C#Cc1cccc(CCN)c1)CC. The fourth-order valence-corrected chi connectivity index (χ4v) is 2.11. The molecule has 3 N–H and O–H groups in total. The molecule has 1 rings (SSSR count). The van der Waals surface area contributed by atoms with Gasteiger partial charge < -0.3 is 10.8 Å². The Bertz CT molecular complexity index is 430. The van der Waals surface area contributed by atoms with Gasteiger partial charge in [-0.15, -0.1) is 0 Å². The number of rotatable bonds is 6. The van der Waals surface area contributed by atoms with Crippen molar-refractivity contribution >= 4 is 0 Å². The van der Waals surface area contributed by atoms with Gasteiger partial charge in [-0.05, 0) is 43.5 Å². The standard InChI is InChI=1S/C17H25NO/c1-3-6-17(19)16(4-2)10-9-14-7-5-8-15(13-14)11-12-18/h5,7-8,13,16-17,19H,3-4,6,11-12,18H2,1-2H3. The minimum Gasteiger partial charge on any atom is -0.392 e. The second-order valence-corrected chi connectivity index (χ2v) is 4.88. The Morgan fingerprint density at radius 2 is 2.11 bits per heavy atom. The zero-order valence-electron chi connectivity index (χ0n) is 12.0. The van der Waals surface area contributed by atoms with Gasteiger partial charge in [0, 0.05) is 11.5 Å². The average Bonchev–Trinajstić information content (AvgIpc) is 2.40. The second-order valence-electron chi connectivity index (χ2n) is 4.88. The molecule has 19 heavy (non-hydrogen) atoms. The van der Waals surface area contributed by atoms with Gasteiger partial charge in [0.25, 0.3) is 0 Å². The molecule has 2 unspecified atom stereocenters. The van der Waals surface area contributed by atoms with Gasteiger partial charge in [0.15, 0.2) is 0 Å². The van der Waals surface area contributed by atoms with Gasteiger partial charge in [-0.3, -0.25) is 0 Å². The van der Waals surface area contributed by atoms with Gasteiger partial charge in [0.2, 0.25) is 0 Å². The highest BCUT2D eigenvalue weighted by atomic mass is 16.3. The van der Waals surface area contributed by atoms with Crippen molar-refractivity contribution in [2.45, 2.75) is 45.6 Å². The van der Waals surface area contributed by atoms with Gasteiger partial charge in [0.05, 0.1) is 6.10 Å². The Morgan fingerprint density at radius 3 is 2.74 bits per heavy atom. The topological polar surface area (TPSA) is 46.2 Å². The first-order chi connectivity index (χ1) is 9.21. The van der Waals surface area contributed by atoms with Crippen molar-refractivity contribution in [2.75, 3.05) is 6.54 Å². The van der Waals surface area contributed by atoms with Crippen LogP contribution < -0.4 is 5.73 Å². The van der Waals surface area contributed by atoms with E-state index >= 15 is 0 Å². The molecule has 0 saturated carbocycles. The van der Waals surface area contributed by atoms with Crippen molar-refractivity contribution in [3.63, 3.8) is 0 Å². The molecule has 0 radical (unpaired) electrons. The van der Waals surface area contributed by atoms with Crippen LogP contribution in [0.2, 0.25) is 0 Å². The highest BCUT2D eigenvalue weighted by molar-refractivity contribution is 5.37. The molecule has 0 saturated heterocycles. The van der Waals surface area contributed by atoms with E-state index in [0.29, 0.717) is 6.54 Å².